The van der Waals surface area contributed by atoms with Gasteiger partial charge in [-0.25, -0.2) is 0 Å². The van der Waals surface area contributed by atoms with Crippen LogP contribution >= 0.6 is 22.9 Å². The Morgan fingerprint density at radius 1 is 1.10 bits per heavy atom. The topological polar surface area (TPSA) is 101 Å². The van der Waals surface area contributed by atoms with Gasteiger partial charge in [0.2, 0.25) is 5.91 Å². The largest absolute Gasteiger partial charge is 0.351 e. The summed E-state index contributed by atoms with van der Waals surface area (Å²) in [4.78, 5) is 35.8. The Bertz CT molecular complexity index is 1040. The highest BCUT2D eigenvalue weighted by Gasteiger charge is 2.16. The van der Waals surface area contributed by atoms with Crippen LogP contribution in [-0.2, 0) is 17.8 Å². The van der Waals surface area contributed by atoms with Crippen molar-refractivity contribution in [3.05, 3.63) is 91.1 Å². The molecule has 3 rings (SSSR count). The summed E-state index contributed by atoms with van der Waals surface area (Å²) < 4.78 is 0. The van der Waals surface area contributed by atoms with Crippen molar-refractivity contribution < 1.29 is 14.5 Å². The highest BCUT2D eigenvalue weighted by Crippen LogP contribution is 2.23. The zero-order chi connectivity index (χ0) is 20.8. The van der Waals surface area contributed by atoms with Crippen LogP contribution in [0, 0.1) is 10.1 Å². The van der Waals surface area contributed by atoms with Gasteiger partial charge in [0.05, 0.1) is 28.5 Å². The molecule has 29 heavy (non-hydrogen) atoms. The molecule has 0 saturated heterocycles. The fourth-order valence-corrected chi connectivity index (χ4v) is 3.40. The minimum atomic E-state index is -0.592. The number of rotatable bonds is 7. The van der Waals surface area contributed by atoms with Gasteiger partial charge in [-0.15, -0.1) is 11.3 Å². The molecule has 148 valence electrons. The summed E-state index contributed by atoms with van der Waals surface area (Å²) >= 11 is 7.56. The third-order valence-electron chi connectivity index (χ3n) is 4.02. The molecule has 3 aromatic rings. The van der Waals surface area contributed by atoms with Gasteiger partial charge in [0.25, 0.3) is 11.6 Å². The number of non-ortho nitro benzene ring substituents is 1. The third kappa shape index (κ3) is 5.63. The van der Waals surface area contributed by atoms with E-state index in [-0.39, 0.29) is 28.6 Å². The number of nitro benzene ring substituents is 1. The number of amides is 2. The minimum absolute atomic E-state index is 0.0119. The molecule has 0 fully saturated rings. The van der Waals surface area contributed by atoms with E-state index >= 15 is 0 Å². The van der Waals surface area contributed by atoms with Crippen LogP contribution in [-0.4, -0.2) is 16.7 Å². The first kappa shape index (κ1) is 20.5. The molecule has 0 aliphatic carbocycles. The van der Waals surface area contributed by atoms with Crippen molar-refractivity contribution in [1.82, 2.24) is 5.32 Å². The van der Waals surface area contributed by atoms with Crippen molar-refractivity contribution in [3.63, 3.8) is 0 Å². The molecule has 0 aliphatic rings. The number of anilines is 1. The Kier molecular flexibility index (Phi) is 6.58. The molecule has 1 aromatic heterocycles. The summed E-state index contributed by atoms with van der Waals surface area (Å²) in [5.41, 5.74) is 1.07. The Hall–Kier alpha value is -3.23. The Morgan fingerprint density at radius 2 is 1.86 bits per heavy atom. The summed E-state index contributed by atoms with van der Waals surface area (Å²) in [6.45, 7) is 0.495. The van der Waals surface area contributed by atoms with Crippen LogP contribution in [0.3, 0.4) is 0 Å². The number of benzene rings is 2. The first-order valence-electron chi connectivity index (χ1n) is 8.55. The van der Waals surface area contributed by atoms with E-state index < -0.39 is 10.8 Å². The lowest BCUT2D eigenvalue weighted by Crippen LogP contribution is -2.24. The fraction of sp³-hybridized carbons (Fsp3) is 0.100. The van der Waals surface area contributed by atoms with E-state index in [0.29, 0.717) is 12.2 Å². The van der Waals surface area contributed by atoms with Crippen molar-refractivity contribution in [3.8, 4) is 0 Å². The second-order valence-corrected chi connectivity index (χ2v) is 7.54. The zero-order valence-corrected chi connectivity index (χ0v) is 16.6. The molecule has 1 heterocycles. The summed E-state index contributed by atoms with van der Waals surface area (Å²) in [5, 5.41) is 18.5. The second kappa shape index (κ2) is 9.31. The number of halogens is 1. The van der Waals surface area contributed by atoms with Gasteiger partial charge in [0, 0.05) is 22.7 Å². The Labute approximate surface area is 175 Å². The molecule has 9 heteroatoms. The number of hydrogen-bond acceptors (Lipinski definition) is 5. The van der Waals surface area contributed by atoms with Gasteiger partial charge >= 0.3 is 0 Å². The van der Waals surface area contributed by atoms with E-state index in [9.17, 15) is 19.7 Å². The molecule has 0 aliphatic heterocycles. The maximum absolute atomic E-state index is 12.4. The first-order chi connectivity index (χ1) is 13.9. The average molecular weight is 430 g/mol. The SMILES string of the molecule is O=C(Cc1ccc(NC(=O)c2cc([N+](=O)[O-])ccc2Cl)cc1)NCc1cccs1. The van der Waals surface area contributed by atoms with Gasteiger partial charge in [-0.1, -0.05) is 29.8 Å². The molecule has 0 saturated carbocycles. The fourth-order valence-electron chi connectivity index (χ4n) is 2.55. The van der Waals surface area contributed by atoms with Gasteiger partial charge < -0.3 is 10.6 Å². The highest BCUT2D eigenvalue weighted by atomic mass is 35.5. The molecule has 7 nitrogen and oxygen atoms in total. The summed E-state index contributed by atoms with van der Waals surface area (Å²) in [6, 6.07) is 14.3. The molecule has 0 radical (unpaired) electrons. The monoisotopic (exact) mass is 429 g/mol. The van der Waals surface area contributed by atoms with Crippen LogP contribution in [0.25, 0.3) is 0 Å². The van der Waals surface area contributed by atoms with Gasteiger partial charge in [0.15, 0.2) is 0 Å². The lowest BCUT2D eigenvalue weighted by atomic mass is 10.1. The van der Waals surface area contributed by atoms with E-state index in [1.807, 2.05) is 17.5 Å². The van der Waals surface area contributed by atoms with Crippen LogP contribution < -0.4 is 10.6 Å². The number of nitrogens with one attached hydrogen (secondary N) is 2. The quantitative estimate of drug-likeness (QED) is 0.428. The predicted octanol–water partition coefficient (Wildman–Crippen LogP) is 4.42. The maximum Gasteiger partial charge on any atom is 0.270 e. The molecular weight excluding hydrogens is 414 g/mol. The standard InChI is InChI=1S/C20H16ClN3O4S/c21-18-8-7-15(24(27)28)11-17(18)20(26)23-14-5-3-13(4-6-14)10-19(25)22-12-16-2-1-9-29-16/h1-9,11H,10,12H2,(H,22,25)(H,23,26). The molecule has 0 bridgehead atoms. The molecule has 0 spiro atoms. The first-order valence-corrected chi connectivity index (χ1v) is 9.81. The maximum atomic E-state index is 12.4. The van der Waals surface area contributed by atoms with Gasteiger partial charge in [0.1, 0.15) is 0 Å². The summed E-state index contributed by atoms with van der Waals surface area (Å²) in [5.74, 6) is -0.654. The molecule has 0 atom stereocenters. The second-order valence-electron chi connectivity index (χ2n) is 6.11. The van der Waals surface area contributed by atoms with E-state index in [0.717, 1.165) is 16.5 Å². The molecule has 2 aromatic carbocycles. The minimum Gasteiger partial charge on any atom is -0.351 e. The number of nitro groups is 1. The Balaban J connectivity index is 1.59. The lowest BCUT2D eigenvalue weighted by Gasteiger charge is -2.08. The van der Waals surface area contributed by atoms with E-state index in [4.69, 9.17) is 11.6 Å². The number of hydrogen-bond donors (Lipinski definition) is 2. The van der Waals surface area contributed by atoms with Crippen molar-refractivity contribution in [2.75, 3.05) is 5.32 Å². The van der Waals surface area contributed by atoms with Gasteiger partial charge in [-0.3, -0.25) is 19.7 Å². The van der Waals surface area contributed by atoms with Crippen LogP contribution in [0.2, 0.25) is 5.02 Å². The van der Waals surface area contributed by atoms with E-state index in [1.54, 1.807) is 35.6 Å². The van der Waals surface area contributed by atoms with Crippen LogP contribution in [0.15, 0.2) is 60.0 Å². The van der Waals surface area contributed by atoms with Crippen LogP contribution in [0.4, 0.5) is 11.4 Å². The lowest BCUT2D eigenvalue weighted by molar-refractivity contribution is -0.384. The normalized spacial score (nSPS) is 10.4. The van der Waals surface area contributed by atoms with Crippen LogP contribution in [0.1, 0.15) is 20.8 Å². The molecule has 2 N–H and O–H groups in total. The van der Waals surface area contributed by atoms with Crippen LogP contribution in [0.5, 0.6) is 0 Å². The summed E-state index contributed by atoms with van der Waals surface area (Å²) in [6.07, 6.45) is 0.219. The number of nitrogens with zero attached hydrogens (tertiary/aromatic N) is 1. The molecular formula is C20H16ClN3O4S. The zero-order valence-electron chi connectivity index (χ0n) is 15.1. The van der Waals surface area contributed by atoms with Gasteiger partial charge in [-0.05, 0) is 35.2 Å². The predicted molar refractivity (Wildman–Crippen MR) is 112 cm³/mol. The van der Waals surface area contributed by atoms with Crippen molar-refractivity contribution >= 4 is 46.1 Å². The number of thiophene rings is 1. The van der Waals surface area contributed by atoms with E-state index in [2.05, 4.69) is 10.6 Å². The van der Waals surface area contributed by atoms with Crippen molar-refractivity contribution in [2.24, 2.45) is 0 Å². The average Bonchev–Trinajstić information content (AvgIpc) is 3.21. The Morgan fingerprint density at radius 3 is 2.52 bits per heavy atom. The molecule has 0 unspecified atom stereocenters. The highest BCUT2D eigenvalue weighted by molar-refractivity contribution is 7.09. The van der Waals surface area contributed by atoms with Crippen molar-refractivity contribution in [1.29, 1.82) is 0 Å². The van der Waals surface area contributed by atoms with Crippen molar-refractivity contribution in [2.45, 2.75) is 13.0 Å². The smallest absolute Gasteiger partial charge is 0.270 e. The molecule has 2 amide bonds. The van der Waals surface area contributed by atoms with E-state index in [1.165, 1.54) is 12.1 Å². The summed E-state index contributed by atoms with van der Waals surface area (Å²) in [7, 11) is 0. The third-order valence-corrected chi connectivity index (χ3v) is 5.23. The number of carbonyl (C=O) groups excluding carboxylic acids is 2. The number of carbonyl (C=O) groups is 2. The van der Waals surface area contributed by atoms with Gasteiger partial charge in [-0.2, -0.15) is 0 Å².